The van der Waals surface area contributed by atoms with Crippen LogP contribution in [0.25, 0.3) is 0 Å². The molecule has 2 heterocycles. The van der Waals surface area contributed by atoms with Crippen LogP contribution in [-0.4, -0.2) is 49.0 Å². The van der Waals surface area contributed by atoms with E-state index in [0.29, 0.717) is 18.5 Å². The van der Waals surface area contributed by atoms with Gasteiger partial charge in [0.1, 0.15) is 23.7 Å². The van der Waals surface area contributed by atoms with E-state index >= 15 is 0 Å². The lowest BCUT2D eigenvalue weighted by molar-refractivity contribution is -0.0449. The third kappa shape index (κ3) is 2.36. The number of anilines is 1. The van der Waals surface area contributed by atoms with E-state index in [9.17, 15) is 5.11 Å². The molecular formula is C25H28N2O3. The number of methoxy groups -OCH3 is 1. The Morgan fingerprint density at radius 1 is 1.20 bits per heavy atom. The summed E-state index contributed by atoms with van der Waals surface area (Å²) in [6, 6.07) is 13.0. The molecule has 6 rings (SSSR count). The van der Waals surface area contributed by atoms with Crippen LogP contribution in [0, 0.1) is 5.92 Å². The second kappa shape index (κ2) is 6.50. The molecule has 2 aromatic carbocycles. The van der Waals surface area contributed by atoms with Crippen LogP contribution in [0.2, 0.25) is 0 Å². The minimum absolute atomic E-state index is 0.105. The summed E-state index contributed by atoms with van der Waals surface area (Å²) in [5, 5.41) is 14.4. The Morgan fingerprint density at radius 3 is 2.83 bits per heavy atom. The van der Waals surface area contributed by atoms with Crippen molar-refractivity contribution >= 4 is 5.69 Å². The van der Waals surface area contributed by atoms with E-state index in [1.165, 1.54) is 16.7 Å². The largest absolute Gasteiger partial charge is 0.497 e. The number of likely N-dealkylation sites (tertiary alicyclic amines) is 1. The van der Waals surface area contributed by atoms with Crippen LogP contribution in [0.3, 0.4) is 0 Å². The highest BCUT2D eigenvalue weighted by Gasteiger charge is 2.64. The number of hydrogen-bond acceptors (Lipinski definition) is 5. The van der Waals surface area contributed by atoms with Crippen LogP contribution >= 0.6 is 0 Å². The summed E-state index contributed by atoms with van der Waals surface area (Å²) in [6.45, 7) is 1.76. The van der Waals surface area contributed by atoms with Gasteiger partial charge in [-0.1, -0.05) is 30.4 Å². The van der Waals surface area contributed by atoms with Gasteiger partial charge in [0.2, 0.25) is 0 Å². The fourth-order valence-corrected chi connectivity index (χ4v) is 6.33. The maximum Gasteiger partial charge on any atom is 0.147 e. The number of rotatable bonds is 4. The van der Waals surface area contributed by atoms with Crippen LogP contribution in [0.1, 0.15) is 23.1 Å². The molecule has 5 atom stereocenters. The fraction of sp³-hybridized carbons (Fsp3) is 0.440. The molecule has 2 bridgehead atoms. The minimum atomic E-state index is -0.557. The van der Waals surface area contributed by atoms with Crippen molar-refractivity contribution in [2.75, 3.05) is 26.0 Å². The van der Waals surface area contributed by atoms with E-state index in [1.807, 2.05) is 18.2 Å². The lowest BCUT2D eigenvalue weighted by Crippen LogP contribution is -2.64. The molecule has 156 valence electrons. The molecule has 30 heavy (non-hydrogen) atoms. The molecule has 0 radical (unpaired) electrons. The molecular weight excluding hydrogens is 376 g/mol. The van der Waals surface area contributed by atoms with Gasteiger partial charge in [-0.15, -0.1) is 0 Å². The molecule has 2 aliphatic carbocycles. The first-order valence-corrected chi connectivity index (χ1v) is 10.9. The molecule has 1 spiro atoms. The Balaban J connectivity index is 1.39. The highest BCUT2D eigenvalue weighted by atomic mass is 16.5. The van der Waals surface area contributed by atoms with Crippen molar-refractivity contribution in [3.05, 3.63) is 65.2 Å². The Hall–Kier alpha value is -2.50. The molecule has 5 nitrogen and oxygen atoms in total. The summed E-state index contributed by atoms with van der Waals surface area (Å²) in [5.41, 5.74) is 4.85. The summed E-state index contributed by atoms with van der Waals surface area (Å²) in [6.07, 6.45) is 5.54. The minimum Gasteiger partial charge on any atom is -0.497 e. The third-order valence-electron chi connectivity index (χ3n) is 7.81. The van der Waals surface area contributed by atoms with Crippen molar-refractivity contribution in [3.8, 4) is 11.5 Å². The molecule has 0 amide bonds. The van der Waals surface area contributed by atoms with Crippen LogP contribution < -0.4 is 14.8 Å². The summed E-state index contributed by atoms with van der Waals surface area (Å²) in [5.74, 6) is 2.22. The average Bonchev–Trinajstić information content (AvgIpc) is 3.13. The predicted octanol–water partition coefficient (Wildman–Crippen LogP) is 3.11. The van der Waals surface area contributed by atoms with E-state index < -0.39 is 6.10 Å². The number of hydrogen-bond donors (Lipinski definition) is 2. The lowest BCUT2D eigenvalue weighted by Gasteiger charge is -2.56. The average molecular weight is 405 g/mol. The van der Waals surface area contributed by atoms with Gasteiger partial charge in [-0.05, 0) is 55.8 Å². The van der Waals surface area contributed by atoms with Crippen LogP contribution in [0.5, 0.6) is 11.5 Å². The number of nitrogens with one attached hydrogen (secondary N) is 1. The Labute approximate surface area is 177 Å². The van der Waals surface area contributed by atoms with Crippen molar-refractivity contribution in [2.24, 2.45) is 5.92 Å². The zero-order chi connectivity index (χ0) is 20.5. The number of ether oxygens (including phenoxy) is 2. The molecule has 1 saturated heterocycles. The SMILES string of the molecule is COc1ccc(CNc2ccc3c4c2O[C@H]2[C@@H](O)C=C[C@H]5[C@@H](C3)N(C)CC[C@@]452)cc1. The van der Waals surface area contributed by atoms with Gasteiger partial charge in [-0.3, -0.25) is 0 Å². The van der Waals surface area contributed by atoms with E-state index in [-0.39, 0.29) is 11.5 Å². The molecule has 5 heteroatoms. The summed E-state index contributed by atoms with van der Waals surface area (Å²) in [4.78, 5) is 2.49. The van der Waals surface area contributed by atoms with Crippen molar-refractivity contribution in [1.29, 1.82) is 0 Å². The summed E-state index contributed by atoms with van der Waals surface area (Å²) < 4.78 is 11.8. The van der Waals surface area contributed by atoms with Gasteiger partial charge in [-0.2, -0.15) is 0 Å². The van der Waals surface area contributed by atoms with Crippen molar-refractivity contribution in [3.63, 3.8) is 0 Å². The second-order valence-corrected chi connectivity index (χ2v) is 9.16. The number of aliphatic hydroxyl groups excluding tert-OH is 1. The second-order valence-electron chi connectivity index (χ2n) is 9.16. The zero-order valence-corrected chi connectivity index (χ0v) is 17.5. The van der Waals surface area contributed by atoms with E-state index in [1.54, 1.807) is 7.11 Å². The van der Waals surface area contributed by atoms with Crippen LogP contribution in [-0.2, 0) is 18.4 Å². The maximum atomic E-state index is 10.8. The number of piperidine rings is 1. The maximum absolute atomic E-state index is 10.8. The number of benzene rings is 2. The van der Waals surface area contributed by atoms with E-state index in [4.69, 9.17) is 9.47 Å². The van der Waals surface area contributed by atoms with E-state index in [0.717, 1.165) is 36.6 Å². The predicted molar refractivity (Wildman–Crippen MR) is 116 cm³/mol. The topological polar surface area (TPSA) is 54.0 Å². The normalized spacial score (nSPS) is 33.0. The molecule has 1 fully saturated rings. The first-order valence-electron chi connectivity index (χ1n) is 10.9. The zero-order valence-electron chi connectivity index (χ0n) is 17.5. The molecule has 0 aromatic heterocycles. The fourth-order valence-electron chi connectivity index (χ4n) is 6.33. The molecule has 0 saturated carbocycles. The first-order chi connectivity index (χ1) is 14.6. The number of nitrogens with zero attached hydrogens (tertiary/aromatic N) is 1. The molecule has 2 aliphatic heterocycles. The number of likely N-dealkylation sites (N-methyl/N-ethyl adjacent to an activating group) is 1. The standard InChI is InChI=1S/C25H28N2O3/c1-27-12-11-25-18-8-10-21(28)24(25)30-23-19(9-5-16(22(23)25)13-20(18)27)26-14-15-3-6-17(29-2)7-4-15/h3-10,18,20-21,24,26,28H,11-14H2,1-2H3/t18-,20+,21-,24-,25-/m0/s1. The van der Waals surface area contributed by atoms with Gasteiger partial charge < -0.3 is 24.8 Å². The molecule has 0 unspecified atom stereocenters. The van der Waals surface area contributed by atoms with E-state index in [2.05, 4.69) is 47.6 Å². The highest BCUT2D eigenvalue weighted by Crippen LogP contribution is 2.62. The smallest absolute Gasteiger partial charge is 0.147 e. The molecule has 4 aliphatic rings. The Morgan fingerprint density at radius 2 is 2.03 bits per heavy atom. The molecule has 2 aromatic rings. The van der Waals surface area contributed by atoms with Crippen molar-refractivity contribution in [2.45, 2.75) is 43.1 Å². The van der Waals surface area contributed by atoms with Gasteiger partial charge >= 0.3 is 0 Å². The summed E-state index contributed by atoms with van der Waals surface area (Å²) >= 11 is 0. The van der Waals surface area contributed by atoms with Crippen LogP contribution in [0.4, 0.5) is 5.69 Å². The van der Waals surface area contributed by atoms with Crippen molar-refractivity contribution < 1.29 is 14.6 Å². The third-order valence-corrected chi connectivity index (χ3v) is 7.81. The Kier molecular flexibility index (Phi) is 3.96. The van der Waals surface area contributed by atoms with Crippen LogP contribution in [0.15, 0.2) is 48.6 Å². The van der Waals surface area contributed by atoms with Gasteiger partial charge in [-0.25, -0.2) is 0 Å². The number of aliphatic hydroxyl groups is 1. The van der Waals surface area contributed by atoms with Gasteiger partial charge in [0.25, 0.3) is 0 Å². The van der Waals surface area contributed by atoms with Gasteiger partial charge in [0, 0.05) is 29.5 Å². The summed E-state index contributed by atoms with van der Waals surface area (Å²) in [7, 11) is 3.92. The highest BCUT2D eigenvalue weighted by molar-refractivity contribution is 5.69. The Bertz CT molecular complexity index is 1020. The quantitative estimate of drug-likeness (QED) is 0.767. The molecule has 2 N–H and O–H groups in total. The lowest BCUT2D eigenvalue weighted by atomic mass is 9.53. The monoisotopic (exact) mass is 404 g/mol. The van der Waals surface area contributed by atoms with Gasteiger partial charge in [0.15, 0.2) is 0 Å². The van der Waals surface area contributed by atoms with Crippen molar-refractivity contribution in [1.82, 2.24) is 4.90 Å². The van der Waals surface area contributed by atoms with Gasteiger partial charge in [0.05, 0.1) is 12.8 Å². The first kappa shape index (κ1) is 18.3.